The lowest BCUT2D eigenvalue weighted by atomic mass is 9.85. The van der Waals surface area contributed by atoms with Gasteiger partial charge in [0.1, 0.15) is 23.9 Å². The van der Waals surface area contributed by atoms with E-state index in [1.54, 1.807) is 12.1 Å². The van der Waals surface area contributed by atoms with Crippen LogP contribution in [0.5, 0.6) is 11.5 Å². The van der Waals surface area contributed by atoms with Crippen LogP contribution in [0, 0.1) is 30.3 Å². The van der Waals surface area contributed by atoms with Gasteiger partial charge in [0.05, 0.1) is 0 Å². The normalized spacial score (nSPS) is 12.8. The van der Waals surface area contributed by atoms with Gasteiger partial charge in [-0.2, -0.15) is 12.8 Å². The van der Waals surface area contributed by atoms with Gasteiger partial charge in [-0.25, -0.2) is 8.78 Å². The monoisotopic (exact) mass is 460 g/mol. The van der Waals surface area contributed by atoms with E-state index in [1.165, 1.54) is 5.56 Å². The number of ether oxygens (including phenoxy) is 2. The summed E-state index contributed by atoms with van der Waals surface area (Å²) in [4.78, 5) is -1.45. The number of rotatable bonds is 10. The molecule has 0 saturated heterocycles. The Kier molecular flexibility index (Phi) is 8.36. The summed E-state index contributed by atoms with van der Waals surface area (Å²) in [7, 11) is -5.14. The van der Waals surface area contributed by atoms with Gasteiger partial charge in [-0.3, -0.25) is 4.55 Å². The van der Waals surface area contributed by atoms with Crippen LogP contribution < -0.4 is 9.47 Å². The van der Waals surface area contributed by atoms with Gasteiger partial charge in [0.25, 0.3) is 10.1 Å². The van der Waals surface area contributed by atoms with Crippen LogP contribution in [0.2, 0.25) is 0 Å². The van der Waals surface area contributed by atoms with Crippen LogP contribution in [0.15, 0.2) is 29.2 Å². The van der Waals surface area contributed by atoms with E-state index < -0.39 is 43.8 Å². The summed E-state index contributed by atoms with van der Waals surface area (Å²) in [6.45, 7) is 6.99. The number of benzene rings is 2. The van der Waals surface area contributed by atoms with Crippen molar-refractivity contribution in [2.24, 2.45) is 5.92 Å². The van der Waals surface area contributed by atoms with Gasteiger partial charge in [0, 0.05) is 5.56 Å². The molecule has 0 aromatic heterocycles. The van der Waals surface area contributed by atoms with Gasteiger partial charge < -0.3 is 9.47 Å². The minimum Gasteiger partial charge on any atom is -0.490 e. The number of hydrogen-bond donors (Lipinski definition) is 1. The van der Waals surface area contributed by atoms with Crippen molar-refractivity contribution in [1.82, 2.24) is 0 Å². The molecule has 31 heavy (non-hydrogen) atoms. The minimum atomic E-state index is -5.14. The zero-order valence-electron chi connectivity index (χ0n) is 17.9. The second-order valence-corrected chi connectivity index (χ2v) is 8.96. The Balaban J connectivity index is 2.04. The fourth-order valence-corrected chi connectivity index (χ4v) is 4.27. The lowest BCUT2D eigenvalue weighted by Gasteiger charge is -2.21. The molecule has 0 heterocycles. The highest BCUT2D eigenvalue weighted by molar-refractivity contribution is 7.85. The van der Waals surface area contributed by atoms with Crippen LogP contribution in [0.1, 0.15) is 50.7 Å². The molecule has 0 saturated carbocycles. The molecule has 0 bridgehead atoms. The van der Waals surface area contributed by atoms with Crippen LogP contribution in [0.3, 0.4) is 0 Å². The maximum Gasteiger partial charge on any atom is 0.297 e. The smallest absolute Gasteiger partial charge is 0.297 e. The van der Waals surface area contributed by atoms with E-state index in [0.29, 0.717) is 17.6 Å². The Labute approximate surface area is 180 Å². The predicted octanol–water partition coefficient (Wildman–Crippen LogP) is 5.66. The molecule has 1 N–H and O–H groups in total. The summed E-state index contributed by atoms with van der Waals surface area (Å²) in [5.41, 5.74) is 0.425. The van der Waals surface area contributed by atoms with Crippen LogP contribution >= 0.6 is 0 Å². The first-order valence-corrected chi connectivity index (χ1v) is 11.4. The van der Waals surface area contributed by atoms with Gasteiger partial charge >= 0.3 is 0 Å². The van der Waals surface area contributed by atoms with E-state index in [0.717, 1.165) is 19.8 Å². The molecule has 172 valence electrons. The zero-order chi connectivity index (χ0) is 23.3. The molecule has 0 aliphatic heterocycles. The number of halogens is 3. The van der Waals surface area contributed by atoms with Crippen molar-refractivity contribution in [2.75, 3.05) is 13.2 Å². The number of hydrogen-bond acceptors (Lipinski definition) is 4. The fraction of sp³-hybridized carbons (Fsp3) is 0.455. The van der Waals surface area contributed by atoms with Crippen molar-refractivity contribution in [3.8, 4) is 11.5 Å². The topological polar surface area (TPSA) is 72.8 Å². The molecule has 9 heteroatoms. The van der Waals surface area contributed by atoms with Gasteiger partial charge in [0.15, 0.2) is 17.4 Å². The average Bonchev–Trinajstić information content (AvgIpc) is 2.69. The lowest BCUT2D eigenvalue weighted by molar-refractivity contribution is 0.202. The van der Waals surface area contributed by atoms with E-state index in [1.807, 2.05) is 12.1 Å². The predicted molar refractivity (Wildman–Crippen MR) is 111 cm³/mol. The van der Waals surface area contributed by atoms with Gasteiger partial charge in [-0.05, 0) is 42.9 Å². The van der Waals surface area contributed by atoms with Crippen molar-refractivity contribution in [1.29, 1.82) is 0 Å². The van der Waals surface area contributed by atoms with Gasteiger partial charge in [-0.1, -0.05) is 39.3 Å². The standard InChI is InChI=1S/C22H27F3O5S/c1-5-6-17(13(2)3)15-7-9-16(10-8-15)29-11-12-30-21-18(23)14(4)22(31(26,27)28)20(25)19(21)24/h7-10,13,17H,5-6,11-12H2,1-4H3,(H,26,27,28). The van der Waals surface area contributed by atoms with E-state index in [-0.39, 0.29) is 13.2 Å². The first kappa shape index (κ1) is 25.0. The summed E-state index contributed by atoms with van der Waals surface area (Å²) in [6.07, 6.45) is 2.16. The van der Waals surface area contributed by atoms with E-state index in [9.17, 15) is 21.6 Å². The maximum atomic E-state index is 14.3. The molecule has 0 radical (unpaired) electrons. The van der Waals surface area contributed by atoms with Crippen molar-refractivity contribution >= 4 is 10.1 Å². The lowest BCUT2D eigenvalue weighted by Crippen LogP contribution is -2.15. The minimum absolute atomic E-state index is 0.0818. The molecular formula is C22H27F3O5S. The van der Waals surface area contributed by atoms with Crippen molar-refractivity contribution < 1.29 is 35.6 Å². The summed E-state index contributed by atoms with van der Waals surface area (Å²) < 4.78 is 84.1. The first-order chi connectivity index (χ1) is 14.5. The van der Waals surface area contributed by atoms with Crippen LogP contribution in [-0.2, 0) is 10.1 Å². The molecule has 2 rings (SSSR count). The van der Waals surface area contributed by atoms with Crippen LogP contribution in [0.25, 0.3) is 0 Å². The van der Waals surface area contributed by atoms with Crippen molar-refractivity contribution in [3.05, 3.63) is 52.8 Å². The fourth-order valence-electron chi connectivity index (χ4n) is 3.47. The Bertz CT molecular complexity index is 976. The summed E-state index contributed by atoms with van der Waals surface area (Å²) in [5, 5.41) is 0. The summed E-state index contributed by atoms with van der Waals surface area (Å²) >= 11 is 0. The second-order valence-electron chi connectivity index (χ2n) is 7.61. The molecule has 5 nitrogen and oxygen atoms in total. The molecule has 0 aliphatic rings. The largest absolute Gasteiger partial charge is 0.490 e. The highest BCUT2D eigenvalue weighted by Gasteiger charge is 2.30. The quantitative estimate of drug-likeness (QED) is 0.282. The molecule has 1 atom stereocenters. The SMILES string of the molecule is CCCC(c1ccc(OCCOc2c(F)c(C)c(S(=O)(=O)O)c(F)c2F)cc1)C(C)C. The third kappa shape index (κ3) is 5.92. The Morgan fingerprint density at radius 3 is 2.06 bits per heavy atom. The third-order valence-corrected chi connectivity index (χ3v) is 6.03. The van der Waals surface area contributed by atoms with Crippen molar-refractivity contribution in [2.45, 2.75) is 51.3 Å². The van der Waals surface area contributed by atoms with Crippen LogP contribution in [-0.4, -0.2) is 26.2 Å². The van der Waals surface area contributed by atoms with E-state index in [2.05, 4.69) is 20.8 Å². The maximum absolute atomic E-state index is 14.3. The summed E-state index contributed by atoms with van der Waals surface area (Å²) in [6, 6.07) is 7.55. The Hall–Kier alpha value is -2.26. The molecular weight excluding hydrogens is 433 g/mol. The van der Waals surface area contributed by atoms with E-state index >= 15 is 0 Å². The van der Waals surface area contributed by atoms with Crippen LogP contribution in [0.4, 0.5) is 13.2 Å². The average molecular weight is 461 g/mol. The zero-order valence-corrected chi connectivity index (χ0v) is 18.7. The molecule has 0 amide bonds. The molecule has 0 fully saturated rings. The Morgan fingerprint density at radius 1 is 0.968 bits per heavy atom. The van der Waals surface area contributed by atoms with Crippen molar-refractivity contribution in [3.63, 3.8) is 0 Å². The Morgan fingerprint density at radius 2 is 1.55 bits per heavy atom. The van der Waals surface area contributed by atoms with E-state index in [4.69, 9.17) is 14.0 Å². The molecule has 1 unspecified atom stereocenters. The molecule has 0 aliphatic carbocycles. The van der Waals surface area contributed by atoms with Gasteiger partial charge in [-0.15, -0.1) is 0 Å². The van der Waals surface area contributed by atoms with Gasteiger partial charge in [0.2, 0.25) is 5.82 Å². The summed E-state index contributed by atoms with van der Waals surface area (Å²) in [5.74, 6) is -4.74. The highest BCUT2D eigenvalue weighted by atomic mass is 32.2. The molecule has 2 aromatic rings. The molecule has 2 aromatic carbocycles. The second kappa shape index (κ2) is 10.4. The molecule has 0 spiro atoms. The highest BCUT2D eigenvalue weighted by Crippen LogP contribution is 2.33. The third-order valence-electron chi connectivity index (χ3n) is 5.03. The first-order valence-electron chi connectivity index (χ1n) is 9.99.